The Morgan fingerprint density at radius 2 is 1.57 bits per heavy atom. The van der Waals surface area contributed by atoms with Gasteiger partial charge in [0.15, 0.2) is 11.5 Å². The average molecular weight is 287 g/mol. The van der Waals surface area contributed by atoms with Crippen LogP contribution in [0.4, 0.5) is 0 Å². The van der Waals surface area contributed by atoms with Gasteiger partial charge in [-0.25, -0.2) is 0 Å². The van der Waals surface area contributed by atoms with Crippen molar-refractivity contribution in [2.24, 2.45) is 0 Å². The van der Waals surface area contributed by atoms with Crippen LogP contribution in [0.15, 0.2) is 24.3 Å². The third-order valence-corrected chi connectivity index (χ3v) is 3.61. The molecule has 0 aliphatic rings. The lowest BCUT2D eigenvalue weighted by Crippen LogP contribution is -1.91. The molecule has 0 bridgehead atoms. The number of H-pyrrole nitrogens is 1. The van der Waals surface area contributed by atoms with Gasteiger partial charge in [0.25, 0.3) is 0 Å². The largest absolute Gasteiger partial charge is 0.497 e. The number of fused-ring (bicyclic) bond motifs is 3. The standard InChI is InChI=1S/C16H17NO4/c1-18-9-7-11-14(13(8-9)20-3)10-5-6-12(19-2)16(21-4)15(10)17-11/h5-8,17H,1-4H3. The number of aromatic amines is 1. The highest BCUT2D eigenvalue weighted by Gasteiger charge is 2.17. The first kappa shape index (κ1) is 13.4. The molecule has 110 valence electrons. The van der Waals surface area contributed by atoms with Gasteiger partial charge in [-0.15, -0.1) is 0 Å². The van der Waals surface area contributed by atoms with E-state index in [1.54, 1.807) is 28.4 Å². The van der Waals surface area contributed by atoms with Crippen LogP contribution in [0, 0.1) is 0 Å². The molecule has 1 heterocycles. The summed E-state index contributed by atoms with van der Waals surface area (Å²) in [7, 11) is 6.53. The quantitative estimate of drug-likeness (QED) is 0.799. The molecule has 2 aromatic carbocycles. The van der Waals surface area contributed by atoms with Gasteiger partial charge in [0, 0.05) is 22.9 Å². The van der Waals surface area contributed by atoms with E-state index in [1.807, 2.05) is 24.3 Å². The van der Waals surface area contributed by atoms with Crippen LogP contribution in [0.3, 0.4) is 0 Å². The van der Waals surface area contributed by atoms with Crippen molar-refractivity contribution in [1.29, 1.82) is 0 Å². The smallest absolute Gasteiger partial charge is 0.184 e. The van der Waals surface area contributed by atoms with Crippen LogP contribution in [0.5, 0.6) is 23.0 Å². The van der Waals surface area contributed by atoms with Crippen molar-refractivity contribution >= 4 is 21.8 Å². The minimum atomic E-state index is 0.673. The summed E-state index contributed by atoms with van der Waals surface area (Å²) in [6.07, 6.45) is 0. The van der Waals surface area contributed by atoms with Crippen LogP contribution < -0.4 is 18.9 Å². The molecule has 1 aromatic heterocycles. The van der Waals surface area contributed by atoms with Gasteiger partial charge in [-0.1, -0.05) is 0 Å². The topological polar surface area (TPSA) is 52.7 Å². The molecule has 5 nitrogen and oxygen atoms in total. The van der Waals surface area contributed by atoms with E-state index < -0.39 is 0 Å². The van der Waals surface area contributed by atoms with Crippen molar-refractivity contribution in [3.05, 3.63) is 24.3 Å². The Bertz CT molecular complexity index is 807. The summed E-state index contributed by atoms with van der Waals surface area (Å²) in [4.78, 5) is 3.36. The van der Waals surface area contributed by atoms with E-state index in [1.165, 1.54) is 0 Å². The summed E-state index contributed by atoms with van der Waals surface area (Å²) in [6.45, 7) is 0. The number of aromatic nitrogens is 1. The zero-order valence-electron chi connectivity index (χ0n) is 12.4. The lowest BCUT2D eigenvalue weighted by atomic mass is 10.1. The number of methoxy groups -OCH3 is 4. The summed E-state index contributed by atoms with van der Waals surface area (Å²) in [5.41, 5.74) is 1.80. The Hall–Kier alpha value is -2.56. The van der Waals surface area contributed by atoms with Crippen molar-refractivity contribution in [3.63, 3.8) is 0 Å². The predicted octanol–water partition coefficient (Wildman–Crippen LogP) is 3.36. The van der Waals surface area contributed by atoms with Crippen LogP contribution in [-0.2, 0) is 0 Å². The van der Waals surface area contributed by atoms with Crippen molar-refractivity contribution in [2.75, 3.05) is 28.4 Å². The third kappa shape index (κ3) is 1.93. The van der Waals surface area contributed by atoms with Crippen LogP contribution in [0.2, 0.25) is 0 Å². The molecule has 3 aromatic rings. The molecule has 0 saturated carbocycles. The average Bonchev–Trinajstić information content (AvgIpc) is 2.90. The van der Waals surface area contributed by atoms with E-state index in [4.69, 9.17) is 18.9 Å². The highest BCUT2D eigenvalue weighted by Crippen LogP contribution is 2.42. The molecule has 0 amide bonds. The molecule has 0 atom stereocenters. The Kier molecular flexibility index (Phi) is 3.25. The Labute approximate surface area is 122 Å². The SMILES string of the molecule is COc1cc(OC)c2c(c1)[nH]c1c(OC)c(OC)ccc12. The van der Waals surface area contributed by atoms with Gasteiger partial charge in [0.05, 0.1) is 39.5 Å². The van der Waals surface area contributed by atoms with E-state index in [2.05, 4.69) is 4.98 Å². The van der Waals surface area contributed by atoms with E-state index in [-0.39, 0.29) is 0 Å². The van der Waals surface area contributed by atoms with Crippen LogP contribution in [-0.4, -0.2) is 33.4 Å². The van der Waals surface area contributed by atoms with Gasteiger partial charge in [-0.2, -0.15) is 0 Å². The van der Waals surface area contributed by atoms with Crippen molar-refractivity contribution < 1.29 is 18.9 Å². The van der Waals surface area contributed by atoms with E-state index in [0.717, 1.165) is 33.3 Å². The molecule has 5 heteroatoms. The molecule has 0 fully saturated rings. The molecule has 0 radical (unpaired) electrons. The number of rotatable bonds is 4. The molecular formula is C16H17NO4. The van der Waals surface area contributed by atoms with Gasteiger partial charge in [0.2, 0.25) is 0 Å². The normalized spacial score (nSPS) is 10.9. The Morgan fingerprint density at radius 1 is 0.810 bits per heavy atom. The maximum absolute atomic E-state index is 5.49. The molecule has 0 unspecified atom stereocenters. The molecule has 0 aliphatic carbocycles. The van der Waals surface area contributed by atoms with Crippen LogP contribution in [0.25, 0.3) is 21.8 Å². The lowest BCUT2D eigenvalue weighted by Gasteiger charge is -2.08. The van der Waals surface area contributed by atoms with Crippen molar-refractivity contribution in [2.45, 2.75) is 0 Å². The summed E-state index contributed by atoms with van der Waals surface area (Å²) in [5.74, 6) is 2.84. The molecule has 0 aliphatic heterocycles. The summed E-state index contributed by atoms with van der Waals surface area (Å²) < 4.78 is 21.6. The highest BCUT2D eigenvalue weighted by molar-refractivity contribution is 6.13. The molecule has 1 N–H and O–H groups in total. The number of hydrogen-bond donors (Lipinski definition) is 1. The van der Waals surface area contributed by atoms with E-state index >= 15 is 0 Å². The van der Waals surface area contributed by atoms with Crippen LogP contribution in [0.1, 0.15) is 0 Å². The van der Waals surface area contributed by atoms with Gasteiger partial charge < -0.3 is 23.9 Å². The van der Waals surface area contributed by atoms with Crippen LogP contribution >= 0.6 is 0 Å². The fraction of sp³-hybridized carbons (Fsp3) is 0.250. The maximum Gasteiger partial charge on any atom is 0.184 e. The second-order valence-electron chi connectivity index (χ2n) is 4.60. The number of ether oxygens (including phenoxy) is 4. The van der Waals surface area contributed by atoms with Gasteiger partial charge in [-0.3, -0.25) is 0 Å². The maximum atomic E-state index is 5.49. The number of benzene rings is 2. The second kappa shape index (κ2) is 5.09. The summed E-state index contributed by atoms with van der Waals surface area (Å²) >= 11 is 0. The Morgan fingerprint density at radius 3 is 2.19 bits per heavy atom. The van der Waals surface area contributed by atoms with Gasteiger partial charge in [0.1, 0.15) is 11.5 Å². The fourth-order valence-corrected chi connectivity index (χ4v) is 2.64. The second-order valence-corrected chi connectivity index (χ2v) is 4.60. The van der Waals surface area contributed by atoms with E-state index in [0.29, 0.717) is 11.5 Å². The molecule has 0 spiro atoms. The monoisotopic (exact) mass is 287 g/mol. The fourth-order valence-electron chi connectivity index (χ4n) is 2.64. The summed E-state index contributed by atoms with van der Waals surface area (Å²) in [5, 5.41) is 2.01. The minimum Gasteiger partial charge on any atom is -0.497 e. The Balaban J connectivity index is 2.44. The minimum absolute atomic E-state index is 0.673. The first-order chi connectivity index (χ1) is 10.2. The molecule has 21 heavy (non-hydrogen) atoms. The van der Waals surface area contributed by atoms with Gasteiger partial charge in [-0.05, 0) is 12.1 Å². The summed E-state index contributed by atoms with van der Waals surface area (Å²) in [6, 6.07) is 7.68. The van der Waals surface area contributed by atoms with Crippen molar-refractivity contribution in [3.8, 4) is 23.0 Å². The van der Waals surface area contributed by atoms with Gasteiger partial charge >= 0.3 is 0 Å². The predicted molar refractivity (Wildman–Crippen MR) is 82.0 cm³/mol. The molecular weight excluding hydrogens is 270 g/mol. The third-order valence-electron chi connectivity index (χ3n) is 3.61. The number of nitrogens with one attached hydrogen (secondary N) is 1. The zero-order valence-corrected chi connectivity index (χ0v) is 12.4. The zero-order chi connectivity index (χ0) is 15.0. The first-order valence-electron chi connectivity index (χ1n) is 6.51. The highest BCUT2D eigenvalue weighted by atomic mass is 16.5. The lowest BCUT2D eigenvalue weighted by molar-refractivity contribution is 0.358. The number of hydrogen-bond acceptors (Lipinski definition) is 4. The van der Waals surface area contributed by atoms with E-state index in [9.17, 15) is 0 Å². The molecule has 3 rings (SSSR count). The first-order valence-corrected chi connectivity index (χ1v) is 6.51. The molecule has 0 saturated heterocycles. The van der Waals surface area contributed by atoms with Crippen molar-refractivity contribution in [1.82, 2.24) is 4.98 Å².